The molecule has 1 aromatic carbocycles. The Hall–Kier alpha value is -1.91. The molecule has 0 spiro atoms. The van der Waals surface area contributed by atoms with E-state index in [1.807, 2.05) is 30.3 Å². The van der Waals surface area contributed by atoms with Gasteiger partial charge in [0, 0.05) is 6.04 Å². The summed E-state index contributed by atoms with van der Waals surface area (Å²) >= 11 is 0. The maximum atomic E-state index is 4.05. The van der Waals surface area contributed by atoms with Crippen LogP contribution in [0.3, 0.4) is 0 Å². The molecule has 0 aliphatic heterocycles. The van der Waals surface area contributed by atoms with Gasteiger partial charge >= 0.3 is 0 Å². The Morgan fingerprint density at radius 1 is 1.22 bits per heavy atom. The fraction of sp³-hybridized carbons (Fsp3) is 0.462. The number of benzene rings is 1. The minimum Gasteiger partial charge on any atom is -0.350 e. The van der Waals surface area contributed by atoms with E-state index in [9.17, 15) is 0 Å². The molecule has 0 radical (unpaired) electrons. The molecular weight excluding hydrogens is 226 g/mol. The molecule has 1 unspecified atom stereocenters. The molecule has 2 aromatic rings. The van der Waals surface area contributed by atoms with Gasteiger partial charge in [-0.1, -0.05) is 43.6 Å². The second kappa shape index (κ2) is 6.14. The molecular formula is C13H19N5. The zero-order chi connectivity index (χ0) is 12.8. The standard InChI is InChI=1S/C13H19N5/c1-3-8-11(4-2)14-13-15-16-17-18(13)12-9-6-5-7-10-12/h5-7,9-11H,3-4,8H2,1-2H3,(H,14,15,17). The molecule has 18 heavy (non-hydrogen) atoms. The third-order valence-corrected chi connectivity index (χ3v) is 2.93. The van der Waals surface area contributed by atoms with Crippen LogP contribution in [0.2, 0.25) is 0 Å². The summed E-state index contributed by atoms with van der Waals surface area (Å²) in [6.07, 6.45) is 3.34. The highest BCUT2D eigenvalue weighted by Gasteiger charge is 2.11. The van der Waals surface area contributed by atoms with E-state index in [1.54, 1.807) is 4.68 Å². The van der Waals surface area contributed by atoms with E-state index in [0.29, 0.717) is 12.0 Å². The highest BCUT2D eigenvalue weighted by molar-refractivity contribution is 5.38. The Kier molecular flexibility index (Phi) is 4.28. The SMILES string of the molecule is CCCC(CC)Nc1nnnn1-c1ccccc1. The predicted octanol–water partition coefficient (Wildman–Crippen LogP) is 2.65. The van der Waals surface area contributed by atoms with Crippen LogP contribution in [0.15, 0.2) is 30.3 Å². The maximum absolute atomic E-state index is 4.05. The van der Waals surface area contributed by atoms with Gasteiger partial charge in [0.2, 0.25) is 5.95 Å². The highest BCUT2D eigenvalue weighted by Crippen LogP contribution is 2.14. The van der Waals surface area contributed by atoms with E-state index in [2.05, 4.69) is 34.7 Å². The lowest BCUT2D eigenvalue weighted by atomic mass is 10.1. The number of anilines is 1. The third kappa shape index (κ3) is 2.85. The molecule has 1 N–H and O–H groups in total. The second-order valence-electron chi connectivity index (χ2n) is 4.29. The summed E-state index contributed by atoms with van der Waals surface area (Å²) in [5.74, 6) is 0.710. The lowest BCUT2D eigenvalue weighted by Gasteiger charge is -2.16. The van der Waals surface area contributed by atoms with Crippen molar-refractivity contribution >= 4 is 5.95 Å². The minimum atomic E-state index is 0.420. The van der Waals surface area contributed by atoms with Crippen molar-refractivity contribution in [2.45, 2.75) is 39.2 Å². The Morgan fingerprint density at radius 3 is 2.67 bits per heavy atom. The van der Waals surface area contributed by atoms with Gasteiger partial charge in [0.05, 0.1) is 5.69 Å². The first kappa shape index (κ1) is 12.5. The van der Waals surface area contributed by atoms with Crippen LogP contribution in [-0.2, 0) is 0 Å². The zero-order valence-electron chi connectivity index (χ0n) is 10.9. The number of aromatic nitrogens is 4. The molecule has 2 rings (SSSR count). The summed E-state index contributed by atoms with van der Waals surface area (Å²) in [6.45, 7) is 4.36. The first-order chi connectivity index (χ1) is 8.85. The predicted molar refractivity (Wildman–Crippen MR) is 71.8 cm³/mol. The summed E-state index contributed by atoms with van der Waals surface area (Å²) < 4.78 is 1.73. The number of para-hydroxylation sites is 1. The summed E-state index contributed by atoms with van der Waals surface area (Å²) in [4.78, 5) is 0. The van der Waals surface area contributed by atoms with Crippen LogP contribution in [0, 0.1) is 0 Å². The van der Waals surface area contributed by atoms with E-state index in [1.165, 1.54) is 0 Å². The first-order valence-electron chi connectivity index (χ1n) is 6.45. The lowest BCUT2D eigenvalue weighted by molar-refractivity contribution is 0.614. The largest absolute Gasteiger partial charge is 0.350 e. The van der Waals surface area contributed by atoms with Gasteiger partial charge in [-0.2, -0.15) is 4.68 Å². The van der Waals surface area contributed by atoms with Crippen molar-refractivity contribution in [3.05, 3.63) is 30.3 Å². The van der Waals surface area contributed by atoms with Gasteiger partial charge < -0.3 is 5.32 Å². The highest BCUT2D eigenvalue weighted by atomic mass is 15.6. The Balaban J connectivity index is 2.18. The van der Waals surface area contributed by atoms with Crippen LogP contribution in [0.1, 0.15) is 33.1 Å². The molecule has 0 aliphatic carbocycles. The van der Waals surface area contributed by atoms with Gasteiger partial charge in [0.25, 0.3) is 0 Å². The van der Waals surface area contributed by atoms with Gasteiger partial charge in [-0.3, -0.25) is 0 Å². The van der Waals surface area contributed by atoms with Crippen molar-refractivity contribution in [3.63, 3.8) is 0 Å². The molecule has 0 aliphatic rings. The van der Waals surface area contributed by atoms with E-state index in [4.69, 9.17) is 0 Å². The van der Waals surface area contributed by atoms with E-state index < -0.39 is 0 Å². The van der Waals surface area contributed by atoms with Crippen LogP contribution < -0.4 is 5.32 Å². The summed E-state index contributed by atoms with van der Waals surface area (Å²) in [7, 11) is 0. The smallest absolute Gasteiger partial charge is 0.247 e. The van der Waals surface area contributed by atoms with Gasteiger partial charge in [0.1, 0.15) is 0 Å². The molecule has 0 saturated carbocycles. The van der Waals surface area contributed by atoms with Crippen molar-refractivity contribution in [3.8, 4) is 5.69 Å². The van der Waals surface area contributed by atoms with Crippen molar-refractivity contribution < 1.29 is 0 Å². The second-order valence-corrected chi connectivity index (χ2v) is 4.29. The quantitative estimate of drug-likeness (QED) is 0.850. The number of rotatable bonds is 6. The Labute approximate surface area is 107 Å². The average Bonchev–Trinajstić information content (AvgIpc) is 2.87. The van der Waals surface area contributed by atoms with Crippen LogP contribution in [-0.4, -0.2) is 26.2 Å². The molecule has 5 nitrogen and oxygen atoms in total. The van der Waals surface area contributed by atoms with Crippen LogP contribution in [0.5, 0.6) is 0 Å². The van der Waals surface area contributed by atoms with Crippen molar-refractivity contribution in [1.29, 1.82) is 0 Å². The molecule has 0 fully saturated rings. The summed E-state index contributed by atoms with van der Waals surface area (Å²) in [5.41, 5.74) is 0.969. The average molecular weight is 245 g/mol. The molecule has 1 heterocycles. The van der Waals surface area contributed by atoms with E-state index in [-0.39, 0.29) is 0 Å². The molecule has 1 aromatic heterocycles. The molecule has 0 saturated heterocycles. The molecule has 5 heteroatoms. The molecule has 0 bridgehead atoms. The minimum absolute atomic E-state index is 0.420. The van der Waals surface area contributed by atoms with Crippen LogP contribution in [0.4, 0.5) is 5.95 Å². The third-order valence-electron chi connectivity index (χ3n) is 2.93. The molecule has 1 atom stereocenters. The van der Waals surface area contributed by atoms with E-state index in [0.717, 1.165) is 24.9 Å². The molecule has 0 amide bonds. The normalized spacial score (nSPS) is 12.3. The summed E-state index contributed by atoms with van der Waals surface area (Å²) in [5, 5.41) is 15.2. The van der Waals surface area contributed by atoms with Gasteiger partial charge in [0.15, 0.2) is 0 Å². The topological polar surface area (TPSA) is 55.6 Å². The number of nitrogens with zero attached hydrogens (tertiary/aromatic N) is 4. The van der Waals surface area contributed by atoms with Gasteiger partial charge in [-0.05, 0) is 35.4 Å². The number of hydrogen-bond acceptors (Lipinski definition) is 4. The van der Waals surface area contributed by atoms with Crippen molar-refractivity contribution in [2.24, 2.45) is 0 Å². The first-order valence-corrected chi connectivity index (χ1v) is 6.45. The van der Waals surface area contributed by atoms with Crippen LogP contribution >= 0.6 is 0 Å². The van der Waals surface area contributed by atoms with Crippen molar-refractivity contribution in [2.75, 3.05) is 5.32 Å². The number of hydrogen-bond donors (Lipinski definition) is 1. The van der Waals surface area contributed by atoms with Crippen LogP contribution in [0.25, 0.3) is 5.69 Å². The maximum Gasteiger partial charge on any atom is 0.247 e. The van der Waals surface area contributed by atoms with Crippen molar-refractivity contribution in [1.82, 2.24) is 20.2 Å². The van der Waals surface area contributed by atoms with E-state index >= 15 is 0 Å². The van der Waals surface area contributed by atoms with Gasteiger partial charge in [-0.25, -0.2) is 0 Å². The fourth-order valence-corrected chi connectivity index (χ4v) is 1.93. The number of nitrogens with one attached hydrogen (secondary N) is 1. The Bertz CT molecular complexity index is 465. The zero-order valence-corrected chi connectivity index (χ0v) is 10.9. The fourth-order valence-electron chi connectivity index (χ4n) is 1.93. The monoisotopic (exact) mass is 245 g/mol. The molecule has 96 valence electrons. The lowest BCUT2D eigenvalue weighted by Crippen LogP contribution is -2.20. The number of tetrazole rings is 1. The van der Waals surface area contributed by atoms with Gasteiger partial charge in [-0.15, -0.1) is 0 Å². The Morgan fingerprint density at radius 2 is 2.00 bits per heavy atom. The summed E-state index contributed by atoms with van der Waals surface area (Å²) in [6, 6.07) is 10.3.